The molecule has 0 aliphatic heterocycles. The second-order valence-electron chi connectivity index (χ2n) is 7.55. The molecule has 0 spiro atoms. The number of rotatable bonds is 7. The van der Waals surface area contributed by atoms with E-state index in [1.165, 1.54) is 4.57 Å². The van der Waals surface area contributed by atoms with Crippen LogP contribution in [0.5, 0.6) is 0 Å². The van der Waals surface area contributed by atoms with Crippen molar-refractivity contribution in [2.75, 3.05) is 11.5 Å². The molecule has 166 valence electrons. The number of thioether (sulfide) groups is 1. The van der Waals surface area contributed by atoms with Gasteiger partial charge >= 0.3 is 5.69 Å². The SMILES string of the molecule is Nc1c(C(=O)CSc2nnc(-c3cccnc3)n2-c2ccccc2)c(=O)[nH]c(=O)n1C1CC1. The Morgan fingerprint density at radius 1 is 1.12 bits per heavy atom. The largest absolute Gasteiger partial charge is 0.384 e. The van der Waals surface area contributed by atoms with Gasteiger partial charge in [0.25, 0.3) is 5.56 Å². The summed E-state index contributed by atoms with van der Waals surface area (Å²) in [5, 5.41) is 9.05. The van der Waals surface area contributed by atoms with Crippen molar-refractivity contribution in [1.82, 2.24) is 29.3 Å². The highest BCUT2D eigenvalue weighted by Gasteiger charge is 2.30. The third-order valence-electron chi connectivity index (χ3n) is 5.27. The first-order valence-electron chi connectivity index (χ1n) is 10.3. The van der Waals surface area contributed by atoms with E-state index in [4.69, 9.17) is 5.73 Å². The Bertz CT molecular complexity index is 1440. The molecule has 1 fully saturated rings. The fourth-order valence-corrected chi connectivity index (χ4v) is 4.41. The summed E-state index contributed by atoms with van der Waals surface area (Å²) in [4.78, 5) is 43.8. The number of aromatic amines is 1. The van der Waals surface area contributed by atoms with Gasteiger partial charge in [-0.2, -0.15) is 0 Å². The molecular formula is C22H19N7O3S. The van der Waals surface area contributed by atoms with E-state index in [-0.39, 0.29) is 23.2 Å². The highest BCUT2D eigenvalue weighted by atomic mass is 32.2. The van der Waals surface area contributed by atoms with Crippen LogP contribution < -0.4 is 17.0 Å². The third-order valence-corrected chi connectivity index (χ3v) is 6.20. The lowest BCUT2D eigenvalue weighted by molar-refractivity contribution is 0.102. The molecule has 0 atom stereocenters. The third kappa shape index (κ3) is 3.98. The second kappa shape index (κ2) is 8.51. The predicted octanol–water partition coefficient (Wildman–Crippen LogP) is 2.07. The molecule has 1 aliphatic rings. The standard InChI is InChI=1S/C22H19N7O3S/c23-18-17(20(31)25-21(32)28(18)15-8-9-15)16(30)12-33-22-27-26-19(13-5-4-10-24-11-13)29(22)14-6-2-1-3-7-14/h1-7,10-11,15H,8-9,12,23H2,(H,25,31,32). The number of nitrogens with two attached hydrogens (primary N) is 1. The minimum Gasteiger partial charge on any atom is -0.384 e. The summed E-state index contributed by atoms with van der Waals surface area (Å²) >= 11 is 1.14. The molecule has 0 saturated heterocycles. The molecule has 1 saturated carbocycles. The van der Waals surface area contributed by atoms with Crippen LogP contribution in [0.1, 0.15) is 29.2 Å². The maximum Gasteiger partial charge on any atom is 0.330 e. The molecule has 1 aromatic carbocycles. The fourth-order valence-electron chi connectivity index (χ4n) is 3.59. The Labute approximate surface area is 191 Å². The van der Waals surface area contributed by atoms with Crippen LogP contribution in [-0.2, 0) is 0 Å². The van der Waals surface area contributed by atoms with Gasteiger partial charge in [0.2, 0.25) is 0 Å². The molecule has 4 aromatic rings. The molecule has 11 heteroatoms. The van der Waals surface area contributed by atoms with Crippen LogP contribution in [0.3, 0.4) is 0 Å². The molecule has 0 amide bonds. The number of anilines is 1. The first kappa shape index (κ1) is 20.9. The van der Waals surface area contributed by atoms with Gasteiger partial charge < -0.3 is 5.73 Å². The summed E-state index contributed by atoms with van der Waals surface area (Å²) in [5.74, 6) is -0.103. The van der Waals surface area contributed by atoms with Crippen LogP contribution in [-0.4, -0.2) is 40.8 Å². The molecule has 0 radical (unpaired) electrons. The number of nitrogens with zero attached hydrogens (tertiary/aromatic N) is 5. The minimum atomic E-state index is -0.777. The second-order valence-corrected chi connectivity index (χ2v) is 8.49. The van der Waals surface area contributed by atoms with E-state index in [1.54, 1.807) is 18.5 Å². The number of hydrogen-bond acceptors (Lipinski definition) is 8. The lowest BCUT2D eigenvalue weighted by Crippen LogP contribution is -2.36. The average Bonchev–Trinajstić information content (AvgIpc) is 3.56. The van der Waals surface area contributed by atoms with Crippen LogP contribution >= 0.6 is 11.8 Å². The van der Waals surface area contributed by atoms with E-state index in [1.807, 2.05) is 41.0 Å². The minimum absolute atomic E-state index is 0.0724. The summed E-state index contributed by atoms with van der Waals surface area (Å²) in [6.07, 6.45) is 4.93. The molecule has 1 aliphatic carbocycles. The molecule has 33 heavy (non-hydrogen) atoms. The smallest absolute Gasteiger partial charge is 0.330 e. The van der Waals surface area contributed by atoms with Gasteiger partial charge in [-0.25, -0.2) is 4.79 Å². The number of para-hydroxylation sites is 1. The van der Waals surface area contributed by atoms with Gasteiger partial charge in [-0.1, -0.05) is 30.0 Å². The fraction of sp³-hybridized carbons (Fsp3) is 0.182. The van der Waals surface area contributed by atoms with Crippen LogP contribution in [0.15, 0.2) is 69.6 Å². The Morgan fingerprint density at radius 3 is 2.61 bits per heavy atom. The normalized spacial score (nSPS) is 13.2. The topological polar surface area (TPSA) is 142 Å². The quantitative estimate of drug-likeness (QED) is 0.315. The molecular weight excluding hydrogens is 442 g/mol. The van der Waals surface area contributed by atoms with Gasteiger partial charge in [0.15, 0.2) is 16.8 Å². The highest BCUT2D eigenvalue weighted by Crippen LogP contribution is 2.35. The number of pyridine rings is 1. The number of nitrogens with one attached hydrogen (secondary N) is 1. The maximum atomic E-state index is 13.0. The lowest BCUT2D eigenvalue weighted by atomic mass is 10.2. The zero-order valence-electron chi connectivity index (χ0n) is 17.3. The van der Waals surface area contributed by atoms with E-state index in [0.717, 1.165) is 35.9 Å². The van der Waals surface area contributed by atoms with Gasteiger partial charge in [-0.15, -0.1) is 10.2 Å². The number of aromatic nitrogens is 6. The van der Waals surface area contributed by atoms with Gasteiger partial charge in [-0.3, -0.25) is 28.7 Å². The van der Waals surface area contributed by atoms with Crippen molar-refractivity contribution in [2.45, 2.75) is 24.0 Å². The highest BCUT2D eigenvalue weighted by molar-refractivity contribution is 7.99. The van der Waals surface area contributed by atoms with E-state index >= 15 is 0 Å². The van der Waals surface area contributed by atoms with E-state index in [9.17, 15) is 14.4 Å². The molecule has 3 aromatic heterocycles. The number of Topliss-reactive ketones (excluding diaryl/α,β-unsaturated/α-hetero) is 1. The number of nitrogen functional groups attached to an aromatic ring is 1. The van der Waals surface area contributed by atoms with Crippen molar-refractivity contribution in [3.63, 3.8) is 0 Å². The summed E-state index contributed by atoms with van der Waals surface area (Å²) in [6.45, 7) is 0. The summed E-state index contributed by atoms with van der Waals surface area (Å²) in [7, 11) is 0. The van der Waals surface area contributed by atoms with Gasteiger partial charge in [0.05, 0.1) is 5.75 Å². The predicted molar refractivity (Wildman–Crippen MR) is 124 cm³/mol. The van der Waals surface area contributed by atoms with Crippen molar-refractivity contribution in [3.05, 3.63) is 81.3 Å². The molecule has 3 N–H and O–H groups in total. The Balaban J connectivity index is 1.48. The first-order valence-corrected chi connectivity index (χ1v) is 11.2. The number of H-pyrrole nitrogens is 1. The summed E-state index contributed by atoms with van der Waals surface area (Å²) in [6, 6.07) is 13.1. The number of carbonyl (C=O) groups is 1. The Morgan fingerprint density at radius 2 is 1.91 bits per heavy atom. The van der Waals surface area contributed by atoms with Gasteiger partial charge in [-0.05, 0) is 37.1 Å². The number of carbonyl (C=O) groups excluding carboxylic acids is 1. The zero-order valence-corrected chi connectivity index (χ0v) is 18.2. The number of ketones is 1. The van der Waals surface area contributed by atoms with Crippen molar-refractivity contribution >= 4 is 23.4 Å². The Kier molecular flexibility index (Phi) is 5.38. The average molecular weight is 462 g/mol. The van der Waals surface area contributed by atoms with E-state index in [2.05, 4.69) is 20.2 Å². The molecule has 10 nitrogen and oxygen atoms in total. The van der Waals surface area contributed by atoms with Crippen LogP contribution in [0.2, 0.25) is 0 Å². The monoisotopic (exact) mass is 461 g/mol. The maximum absolute atomic E-state index is 13.0. The summed E-state index contributed by atoms with van der Waals surface area (Å²) < 4.78 is 3.12. The zero-order chi connectivity index (χ0) is 22.9. The van der Waals surface area contributed by atoms with Gasteiger partial charge in [0, 0.05) is 29.7 Å². The van der Waals surface area contributed by atoms with Crippen LogP contribution in [0, 0.1) is 0 Å². The number of benzene rings is 1. The van der Waals surface area contributed by atoms with Crippen molar-refractivity contribution in [3.8, 4) is 17.1 Å². The van der Waals surface area contributed by atoms with Crippen LogP contribution in [0.25, 0.3) is 17.1 Å². The summed E-state index contributed by atoms with van der Waals surface area (Å²) in [5.41, 5.74) is 6.09. The van der Waals surface area contributed by atoms with Crippen molar-refractivity contribution in [1.29, 1.82) is 0 Å². The first-order chi connectivity index (χ1) is 16.0. The van der Waals surface area contributed by atoms with Gasteiger partial charge in [0.1, 0.15) is 11.4 Å². The number of hydrogen-bond donors (Lipinski definition) is 2. The van der Waals surface area contributed by atoms with E-state index in [0.29, 0.717) is 11.0 Å². The van der Waals surface area contributed by atoms with E-state index < -0.39 is 17.0 Å². The molecule has 0 bridgehead atoms. The molecule has 0 unspecified atom stereocenters. The molecule has 3 heterocycles. The lowest BCUT2D eigenvalue weighted by Gasteiger charge is -2.12. The molecule has 5 rings (SSSR count). The Hall–Kier alpha value is -3.99. The van der Waals surface area contributed by atoms with Crippen LogP contribution in [0.4, 0.5) is 5.82 Å². The van der Waals surface area contributed by atoms with Crippen molar-refractivity contribution in [2.24, 2.45) is 0 Å². The van der Waals surface area contributed by atoms with Crippen molar-refractivity contribution < 1.29 is 4.79 Å².